The quantitative estimate of drug-likeness (QED) is 0.595. The summed E-state index contributed by atoms with van der Waals surface area (Å²) in [4.78, 5) is 10.6. The third-order valence-electron chi connectivity index (χ3n) is 2.22. The molecule has 0 atom stereocenters. The Bertz CT molecular complexity index is 658. The van der Waals surface area contributed by atoms with Crippen LogP contribution in [0.25, 0.3) is 0 Å². The van der Waals surface area contributed by atoms with Gasteiger partial charge >= 0.3 is 6.16 Å². The van der Waals surface area contributed by atoms with Crippen molar-refractivity contribution in [1.82, 2.24) is 0 Å². The van der Waals surface area contributed by atoms with Gasteiger partial charge in [0.1, 0.15) is 5.75 Å². The number of hydrogen-bond donors (Lipinski definition) is 1. The van der Waals surface area contributed by atoms with Crippen LogP contribution in [0.2, 0.25) is 15.1 Å². The van der Waals surface area contributed by atoms with Crippen molar-refractivity contribution in [2.45, 2.75) is 0 Å². The van der Waals surface area contributed by atoms with E-state index in [2.05, 4.69) is 4.74 Å². The molecule has 4 nitrogen and oxygen atoms in total. The summed E-state index contributed by atoms with van der Waals surface area (Å²) in [5, 5.41) is 9.74. The third kappa shape index (κ3) is 3.70. The van der Waals surface area contributed by atoms with E-state index in [4.69, 9.17) is 44.6 Å². The van der Waals surface area contributed by atoms with Gasteiger partial charge in [0.05, 0.1) is 5.02 Å². The summed E-state index contributed by atoms with van der Waals surface area (Å²) in [6, 6.07) is 9.00. The Balaban J connectivity index is 2.35. The van der Waals surface area contributed by atoms with Crippen LogP contribution in [0.5, 0.6) is 17.2 Å². The fourth-order valence-electron chi connectivity index (χ4n) is 1.42. The van der Waals surface area contributed by atoms with Crippen LogP contribution in [0.1, 0.15) is 0 Å². The molecule has 0 aliphatic heterocycles. The highest BCUT2D eigenvalue weighted by Gasteiger charge is 2.12. The molecule has 0 amide bonds. The molecule has 0 radical (unpaired) electrons. The highest BCUT2D eigenvalue weighted by atomic mass is 35.5. The lowest BCUT2D eigenvalue weighted by molar-refractivity contribution is 0.143. The molecular formula is C13H7Cl3O4. The van der Waals surface area contributed by atoms with Crippen molar-refractivity contribution in [2.24, 2.45) is 0 Å². The molecule has 0 saturated carbocycles. The normalized spacial score (nSPS) is 10.2. The Morgan fingerprint density at radius 2 is 1.50 bits per heavy atom. The van der Waals surface area contributed by atoms with Crippen LogP contribution >= 0.6 is 34.8 Å². The fraction of sp³-hybridized carbons (Fsp3) is 0. The lowest BCUT2D eigenvalue weighted by atomic mass is 10.3. The maximum absolute atomic E-state index is 10.6. The average molecular weight is 334 g/mol. The van der Waals surface area contributed by atoms with Gasteiger partial charge in [-0.1, -0.05) is 34.8 Å². The number of ether oxygens (including phenoxy) is 2. The molecule has 7 heteroatoms. The molecule has 20 heavy (non-hydrogen) atoms. The van der Waals surface area contributed by atoms with E-state index in [0.29, 0.717) is 15.8 Å². The zero-order valence-electron chi connectivity index (χ0n) is 9.77. The van der Waals surface area contributed by atoms with Crippen molar-refractivity contribution >= 4 is 41.0 Å². The molecule has 0 bridgehead atoms. The van der Waals surface area contributed by atoms with Gasteiger partial charge in [0.25, 0.3) is 0 Å². The predicted molar refractivity (Wildman–Crippen MR) is 76.6 cm³/mol. The second kappa shape index (κ2) is 6.22. The summed E-state index contributed by atoms with van der Waals surface area (Å²) in [5.41, 5.74) is 0. The van der Waals surface area contributed by atoms with Crippen molar-refractivity contribution in [3.63, 3.8) is 0 Å². The van der Waals surface area contributed by atoms with E-state index in [1.807, 2.05) is 0 Å². The molecule has 0 fully saturated rings. The fourth-order valence-corrected chi connectivity index (χ4v) is 2.03. The summed E-state index contributed by atoms with van der Waals surface area (Å²) >= 11 is 17.5. The van der Waals surface area contributed by atoms with Crippen molar-refractivity contribution in [3.8, 4) is 17.2 Å². The largest absolute Gasteiger partial charge is 0.511 e. The maximum Gasteiger partial charge on any atom is 0.511 e. The van der Waals surface area contributed by atoms with E-state index < -0.39 is 6.16 Å². The van der Waals surface area contributed by atoms with Crippen molar-refractivity contribution < 1.29 is 19.4 Å². The average Bonchev–Trinajstić information content (AvgIpc) is 2.34. The summed E-state index contributed by atoms with van der Waals surface area (Å²) in [5.74, 6) is 0.450. The van der Waals surface area contributed by atoms with Crippen LogP contribution in [0.15, 0.2) is 36.4 Å². The lowest BCUT2D eigenvalue weighted by Gasteiger charge is -2.11. The van der Waals surface area contributed by atoms with Crippen LogP contribution in [0.4, 0.5) is 4.79 Å². The highest BCUT2D eigenvalue weighted by Crippen LogP contribution is 2.37. The van der Waals surface area contributed by atoms with E-state index in [0.717, 1.165) is 0 Å². The highest BCUT2D eigenvalue weighted by molar-refractivity contribution is 6.35. The molecule has 0 spiro atoms. The van der Waals surface area contributed by atoms with E-state index in [1.165, 1.54) is 24.3 Å². The zero-order chi connectivity index (χ0) is 14.7. The first-order chi connectivity index (χ1) is 9.45. The Hall–Kier alpha value is -1.62. The van der Waals surface area contributed by atoms with Crippen LogP contribution in [-0.4, -0.2) is 11.3 Å². The van der Waals surface area contributed by atoms with Crippen LogP contribution in [0.3, 0.4) is 0 Å². The summed E-state index contributed by atoms with van der Waals surface area (Å²) in [6.07, 6.45) is -1.47. The van der Waals surface area contributed by atoms with Gasteiger partial charge in [-0.15, -0.1) is 0 Å². The molecular weight excluding hydrogens is 326 g/mol. The van der Waals surface area contributed by atoms with Crippen LogP contribution < -0.4 is 9.47 Å². The van der Waals surface area contributed by atoms with Gasteiger partial charge < -0.3 is 14.6 Å². The van der Waals surface area contributed by atoms with Gasteiger partial charge in [-0.2, -0.15) is 0 Å². The Kier molecular flexibility index (Phi) is 4.60. The number of halogens is 3. The van der Waals surface area contributed by atoms with E-state index >= 15 is 0 Å². The maximum atomic E-state index is 10.6. The molecule has 0 heterocycles. The van der Waals surface area contributed by atoms with Crippen molar-refractivity contribution in [2.75, 3.05) is 0 Å². The minimum absolute atomic E-state index is 0.0315. The van der Waals surface area contributed by atoms with Gasteiger partial charge in [-0.25, -0.2) is 4.79 Å². The second-order valence-electron chi connectivity index (χ2n) is 3.64. The molecule has 104 valence electrons. The molecule has 0 aromatic heterocycles. The van der Waals surface area contributed by atoms with Gasteiger partial charge in [-0.05, 0) is 30.3 Å². The molecule has 0 aliphatic rings. The predicted octanol–water partition coefficient (Wildman–Crippen LogP) is 5.50. The third-order valence-corrected chi connectivity index (χ3v) is 2.98. The van der Waals surface area contributed by atoms with E-state index in [1.54, 1.807) is 12.1 Å². The van der Waals surface area contributed by atoms with E-state index in [9.17, 15) is 4.79 Å². The number of carboxylic acid groups (broad SMARTS) is 1. The summed E-state index contributed by atoms with van der Waals surface area (Å²) in [6.45, 7) is 0. The Labute approximate surface area is 129 Å². The molecule has 2 aromatic carbocycles. The standard InChI is InChI=1S/C13H7Cl3O4/c14-7-1-3-10(9(16)5-7)19-11-4-2-8(15)6-12(11)20-13(17)18/h1-6H,(H,17,18). The van der Waals surface area contributed by atoms with E-state index in [-0.39, 0.29) is 16.5 Å². The van der Waals surface area contributed by atoms with Gasteiger partial charge in [0.2, 0.25) is 0 Å². The molecule has 2 rings (SSSR count). The number of benzene rings is 2. The Morgan fingerprint density at radius 3 is 2.10 bits per heavy atom. The first kappa shape index (κ1) is 14.8. The lowest BCUT2D eigenvalue weighted by Crippen LogP contribution is -2.04. The Morgan fingerprint density at radius 1 is 0.900 bits per heavy atom. The second-order valence-corrected chi connectivity index (χ2v) is 4.92. The SMILES string of the molecule is O=C(O)Oc1cc(Cl)ccc1Oc1ccc(Cl)cc1Cl. The number of rotatable bonds is 3. The van der Waals surface area contributed by atoms with Gasteiger partial charge in [0, 0.05) is 16.1 Å². The summed E-state index contributed by atoms with van der Waals surface area (Å²) < 4.78 is 10.1. The van der Waals surface area contributed by atoms with Crippen molar-refractivity contribution in [3.05, 3.63) is 51.5 Å². The van der Waals surface area contributed by atoms with Gasteiger partial charge in [-0.3, -0.25) is 0 Å². The first-order valence-corrected chi connectivity index (χ1v) is 6.42. The summed E-state index contributed by atoms with van der Waals surface area (Å²) in [7, 11) is 0. The number of carbonyl (C=O) groups is 1. The number of hydrogen-bond acceptors (Lipinski definition) is 3. The molecule has 1 N–H and O–H groups in total. The molecule has 0 unspecified atom stereocenters. The smallest absolute Gasteiger partial charge is 0.452 e. The minimum atomic E-state index is -1.47. The first-order valence-electron chi connectivity index (χ1n) is 5.29. The topological polar surface area (TPSA) is 55.8 Å². The molecule has 0 saturated heterocycles. The molecule has 0 aliphatic carbocycles. The monoisotopic (exact) mass is 332 g/mol. The van der Waals surface area contributed by atoms with Gasteiger partial charge in [0.15, 0.2) is 11.5 Å². The zero-order valence-corrected chi connectivity index (χ0v) is 12.0. The van der Waals surface area contributed by atoms with Crippen LogP contribution in [-0.2, 0) is 0 Å². The van der Waals surface area contributed by atoms with Crippen LogP contribution in [0, 0.1) is 0 Å². The van der Waals surface area contributed by atoms with Crippen molar-refractivity contribution in [1.29, 1.82) is 0 Å². The molecule has 2 aromatic rings. The minimum Gasteiger partial charge on any atom is -0.452 e.